The predicted molar refractivity (Wildman–Crippen MR) is 143 cm³/mol. The number of halogens is 10. The van der Waals surface area contributed by atoms with E-state index in [1.807, 2.05) is 0 Å². The molecule has 4 nitrogen and oxygen atoms in total. The smallest absolute Gasteiger partial charge is 0.429 e. The van der Waals surface area contributed by atoms with Crippen LogP contribution in [0.1, 0.15) is 23.0 Å². The van der Waals surface area contributed by atoms with Crippen LogP contribution >= 0.6 is 0 Å². The number of hydrogen-bond donors (Lipinski definition) is 0. The Labute approximate surface area is 254 Å². The number of rotatable bonds is 7. The molecule has 1 heterocycles. The molecule has 5 rings (SSSR count). The summed E-state index contributed by atoms with van der Waals surface area (Å²) in [6.07, 6.45) is -10.8. The van der Waals surface area contributed by atoms with Gasteiger partial charge in [0.15, 0.2) is 6.29 Å². The summed E-state index contributed by atoms with van der Waals surface area (Å²) in [5, 5.41) is -0.479. The molecule has 4 aromatic rings. The number of alkyl halides is 5. The Morgan fingerprint density at radius 1 is 0.804 bits per heavy atom. The van der Waals surface area contributed by atoms with Crippen LogP contribution in [0.2, 0.25) is 0 Å². The number of fused-ring (bicyclic) bond motifs is 1. The second kappa shape index (κ2) is 12.8. The molecule has 0 aliphatic carbocycles. The van der Waals surface area contributed by atoms with Crippen molar-refractivity contribution >= 4 is 10.8 Å². The van der Waals surface area contributed by atoms with Gasteiger partial charge in [0.05, 0.1) is 25.4 Å². The van der Waals surface area contributed by atoms with Gasteiger partial charge in [-0.05, 0) is 47.3 Å². The van der Waals surface area contributed by atoms with Gasteiger partial charge in [-0.3, -0.25) is 0 Å². The molecule has 0 N–H and O–H groups in total. The van der Waals surface area contributed by atoms with E-state index in [2.05, 4.69) is 4.74 Å². The summed E-state index contributed by atoms with van der Waals surface area (Å²) >= 11 is 0. The molecule has 0 bridgehead atoms. The average molecular weight is 658 g/mol. The van der Waals surface area contributed by atoms with Gasteiger partial charge in [-0.25, -0.2) is 22.0 Å². The first-order valence-corrected chi connectivity index (χ1v) is 13.3. The van der Waals surface area contributed by atoms with E-state index in [1.165, 1.54) is 13.0 Å². The average Bonchev–Trinajstić information content (AvgIpc) is 2.96. The summed E-state index contributed by atoms with van der Waals surface area (Å²) < 4.78 is 161. The van der Waals surface area contributed by atoms with E-state index in [-0.39, 0.29) is 46.6 Å². The van der Waals surface area contributed by atoms with Crippen LogP contribution in [0.3, 0.4) is 0 Å². The highest BCUT2D eigenvalue weighted by atomic mass is 19.4. The zero-order valence-corrected chi connectivity index (χ0v) is 23.4. The first-order chi connectivity index (χ1) is 21.7. The third kappa shape index (κ3) is 7.06. The first-order valence-electron chi connectivity index (χ1n) is 13.3. The zero-order valence-electron chi connectivity index (χ0n) is 23.4. The monoisotopic (exact) mass is 658 g/mol. The minimum Gasteiger partial charge on any atom is -0.429 e. The van der Waals surface area contributed by atoms with Crippen LogP contribution in [-0.4, -0.2) is 33.1 Å². The minimum absolute atomic E-state index is 0.00426. The van der Waals surface area contributed by atoms with Crippen molar-refractivity contribution in [3.05, 3.63) is 100 Å². The molecule has 242 valence electrons. The molecule has 4 aromatic carbocycles. The molecule has 0 atom stereocenters. The van der Waals surface area contributed by atoms with Crippen molar-refractivity contribution < 1.29 is 62.9 Å². The second-order valence-corrected chi connectivity index (χ2v) is 10.2. The fourth-order valence-corrected chi connectivity index (χ4v) is 4.81. The predicted octanol–water partition coefficient (Wildman–Crippen LogP) is 8.55. The number of benzene rings is 4. The third-order valence-electron chi connectivity index (χ3n) is 6.85. The van der Waals surface area contributed by atoms with Crippen molar-refractivity contribution in [2.75, 3.05) is 26.9 Å². The van der Waals surface area contributed by atoms with Gasteiger partial charge in [-0.2, -0.15) is 22.0 Å². The Balaban J connectivity index is 1.37. The molecule has 14 heteroatoms. The van der Waals surface area contributed by atoms with E-state index >= 15 is 4.39 Å². The Bertz CT molecular complexity index is 1810. The highest BCUT2D eigenvalue weighted by Gasteiger charge is 2.42. The van der Waals surface area contributed by atoms with E-state index in [0.29, 0.717) is 30.9 Å². The van der Waals surface area contributed by atoms with E-state index in [9.17, 15) is 39.5 Å². The summed E-state index contributed by atoms with van der Waals surface area (Å²) in [6.45, 7) is 0.590. The fourth-order valence-electron chi connectivity index (χ4n) is 4.81. The number of hydrogen-bond acceptors (Lipinski definition) is 4. The number of methoxy groups -OCH3 is 1. The lowest BCUT2D eigenvalue weighted by Crippen LogP contribution is -2.30. The molecule has 1 aliphatic heterocycles. The normalized spacial score (nSPS) is 17.1. The Morgan fingerprint density at radius 2 is 1.48 bits per heavy atom. The van der Waals surface area contributed by atoms with Crippen LogP contribution in [0.15, 0.2) is 54.6 Å². The molecule has 0 aromatic heterocycles. The van der Waals surface area contributed by atoms with Crippen LogP contribution in [0.25, 0.3) is 21.9 Å². The Kier molecular flexibility index (Phi) is 9.21. The van der Waals surface area contributed by atoms with Gasteiger partial charge >= 0.3 is 12.3 Å². The van der Waals surface area contributed by atoms with Gasteiger partial charge in [-0.1, -0.05) is 18.1 Å². The molecule has 0 saturated carbocycles. The van der Waals surface area contributed by atoms with Gasteiger partial charge in [0.25, 0.3) is 0 Å². The van der Waals surface area contributed by atoms with Gasteiger partial charge in [-0.15, -0.1) is 0 Å². The molecule has 1 fully saturated rings. The lowest BCUT2D eigenvalue weighted by Gasteiger charge is -2.29. The Hall–Kier alpha value is -4.32. The standard InChI is InChI=1S/C32H20F10O4/c1-43-13-16-14-44-30(45-15-16)19-10-26(35)28(27(36)11-19)32(41,42)46-20-3-5-21(25(34)12-20)17-2-4-22-18(8-17)9-24(33)23(29(22)37)6-7-31(38,39)40/h2-5,8-12,16,30H,13-15H2,1H3. The molecule has 0 unspecified atom stereocenters. The van der Waals surface area contributed by atoms with E-state index in [4.69, 9.17) is 14.2 Å². The fraction of sp³-hybridized carbons (Fsp3) is 0.250. The van der Waals surface area contributed by atoms with Crippen LogP contribution in [0, 0.1) is 46.8 Å². The maximum Gasteiger partial charge on any atom is 0.458 e. The summed E-state index contributed by atoms with van der Waals surface area (Å²) in [6, 6.07) is 7.59. The summed E-state index contributed by atoms with van der Waals surface area (Å²) in [7, 11) is 1.47. The number of ether oxygens (including phenoxy) is 4. The maximum atomic E-state index is 15.1. The van der Waals surface area contributed by atoms with E-state index < -0.39 is 64.5 Å². The van der Waals surface area contributed by atoms with Crippen molar-refractivity contribution in [1.82, 2.24) is 0 Å². The molecule has 0 radical (unpaired) electrons. The lowest BCUT2D eigenvalue weighted by atomic mass is 9.98. The molecular weight excluding hydrogens is 638 g/mol. The van der Waals surface area contributed by atoms with Crippen LogP contribution in [-0.2, 0) is 20.3 Å². The molecule has 0 amide bonds. The minimum atomic E-state index is -4.99. The highest BCUT2D eigenvalue weighted by Crippen LogP contribution is 2.39. The quantitative estimate of drug-likeness (QED) is 0.147. The van der Waals surface area contributed by atoms with E-state index in [1.54, 1.807) is 0 Å². The van der Waals surface area contributed by atoms with Crippen LogP contribution < -0.4 is 4.74 Å². The van der Waals surface area contributed by atoms with Crippen LogP contribution in [0.5, 0.6) is 5.75 Å². The molecule has 46 heavy (non-hydrogen) atoms. The third-order valence-corrected chi connectivity index (χ3v) is 6.85. The van der Waals surface area contributed by atoms with Crippen molar-refractivity contribution in [3.8, 4) is 28.7 Å². The summed E-state index contributed by atoms with van der Waals surface area (Å²) in [4.78, 5) is 0. The maximum absolute atomic E-state index is 15.1. The highest BCUT2D eigenvalue weighted by molar-refractivity contribution is 5.89. The lowest BCUT2D eigenvalue weighted by molar-refractivity contribution is -0.211. The molecule has 1 saturated heterocycles. The zero-order chi connectivity index (χ0) is 33.4. The van der Waals surface area contributed by atoms with Gasteiger partial charge in [0, 0.05) is 41.5 Å². The topological polar surface area (TPSA) is 36.9 Å². The molecule has 0 spiro atoms. The Morgan fingerprint density at radius 3 is 2.09 bits per heavy atom. The van der Waals surface area contributed by atoms with E-state index in [0.717, 1.165) is 36.3 Å². The van der Waals surface area contributed by atoms with Crippen molar-refractivity contribution in [2.45, 2.75) is 18.6 Å². The van der Waals surface area contributed by atoms with Crippen LogP contribution in [0.4, 0.5) is 43.9 Å². The van der Waals surface area contributed by atoms with Gasteiger partial charge in [0.1, 0.15) is 40.4 Å². The van der Waals surface area contributed by atoms with Crippen molar-refractivity contribution in [1.29, 1.82) is 0 Å². The summed E-state index contributed by atoms with van der Waals surface area (Å²) in [5.41, 5.74) is -3.29. The largest absolute Gasteiger partial charge is 0.458 e. The summed E-state index contributed by atoms with van der Waals surface area (Å²) in [5.74, 6) is -6.02. The van der Waals surface area contributed by atoms with Gasteiger partial charge < -0.3 is 18.9 Å². The SMILES string of the molecule is COCC1COC(c2cc(F)c(C(F)(F)Oc3ccc(-c4ccc5c(F)c(C#CC(F)(F)F)c(F)cc5c4)c(F)c3)c(F)c2)OC1. The molecular formula is C32H20F10O4. The second-order valence-electron chi connectivity index (χ2n) is 10.2. The van der Waals surface area contributed by atoms with Crippen molar-refractivity contribution in [3.63, 3.8) is 0 Å². The van der Waals surface area contributed by atoms with Crippen molar-refractivity contribution in [2.24, 2.45) is 5.92 Å². The van der Waals surface area contributed by atoms with Gasteiger partial charge in [0.2, 0.25) is 0 Å². The first kappa shape index (κ1) is 33.1. The molecule has 1 aliphatic rings.